The maximum atomic E-state index is 13.0. The summed E-state index contributed by atoms with van der Waals surface area (Å²) in [6.45, 7) is 13.1. The molecular weight excluding hydrogens is 442 g/mol. The molecule has 0 aliphatic carbocycles. The second-order valence-corrected chi connectivity index (χ2v) is 15.4. The zero-order chi connectivity index (χ0) is 24.3. The highest BCUT2D eigenvalue weighted by Crippen LogP contribution is 2.39. The average Bonchev–Trinajstić information content (AvgIpc) is 3.41. The summed E-state index contributed by atoms with van der Waals surface area (Å²) in [6.07, 6.45) is 6.47. The number of pyridine rings is 1. The van der Waals surface area contributed by atoms with E-state index >= 15 is 0 Å². The van der Waals surface area contributed by atoms with Crippen LogP contribution in [0.2, 0.25) is 18.1 Å². The minimum Gasteiger partial charge on any atom is -0.413 e. The van der Waals surface area contributed by atoms with E-state index < -0.39 is 8.32 Å². The van der Waals surface area contributed by atoms with Crippen molar-refractivity contribution in [3.63, 3.8) is 0 Å². The number of carbonyl (C=O) groups is 1. The minimum absolute atomic E-state index is 0.107. The third kappa shape index (κ3) is 5.68. The van der Waals surface area contributed by atoms with Crippen molar-refractivity contribution in [1.82, 2.24) is 24.9 Å². The lowest BCUT2D eigenvalue weighted by atomic mass is 10.1. The molecule has 0 bridgehead atoms. The predicted molar refractivity (Wildman–Crippen MR) is 136 cm³/mol. The van der Waals surface area contributed by atoms with Crippen molar-refractivity contribution >= 4 is 14.1 Å². The monoisotopic (exact) mass is 477 g/mol. The second-order valence-electron chi connectivity index (χ2n) is 10.7. The third-order valence-electron chi connectivity index (χ3n) is 7.09. The molecule has 1 fully saturated rings. The number of carbonyl (C=O) groups excluding carboxylic acids is 1. The van der Waals surface area contributed by atoms with Gasteiger partial charge in [-0.1, -0.05) is 56.3 Å². The molecule has 3 aromatic rings. The molecule has 1 saturated heterocycles. The van der Waals surface area contributed by atoms with Crippen LogP contribution < -0.4 is 0 Å². The molecule has 1 aliphatic heterocycles. The van der Waals surface area contributed by atoms with Crippen LogP contribution in [0.25, 0.3) is 11.3 Å². The summed E-state index contributed by atoms with van der Waals surface area (Å²) < 4.78 is 8.63. The van der Waals surface area contributed by atoms with Crippen molar-refractivity contribution in [3.05, 3.63) is 66.6 Å². The standard InChI is InChI=1S/C26H35N5O2Si/c1-26(2,3)34(4,5)33-23-14-22(30(17-23)19-25(32)20-10-7-6-8-11-20)16-31-18-24(28-29-31)21-12-9-13-27-15-21/h6-13,15,18,22-23H,14,16-17,19H2,1-5H3/t22-,23-/m1/s1. The van der Waals surface area contributed by atoms with Crippen molar-refractivity contribution < 1.29 is 9.22 Å². The van der Waals surface area contributed by atoms with E-state index in [1.165, 1.54) is 0 Å². The molecule has 0 unspecified atom stereocenters. The smallest absolute Gasteiger partial charge is 0.192 e. The van der Waals surface area contributed by atoms with Gasteiger partial charge in [0.2, 0.25) is 0 Å². The number of nitrogens with zero attached hydrogens (tertiary/aromatic N) is 5. The molecule has 2 aromatic heterocycles. The zero-order valence-corrected chi connectivity index (χ0v) is 21.8. The first-order valence-electron chi connectivity index (χ1n) is 11.9. The molecule has 0 amide bonds. The number of Topliss-reactive ketones (excluding diaryl/α,β-unsaturated/α-hetero) is 1. The van der Waals surface area contributed by atoms with E-state index in [1.807, 2.05) is 53.3 Å². The van der Waals surface area contributed by atoms with Crippen LogP contribution in [0.15, 0.2) is 61.1 Å². The molecule has 34 heavy (non-hydrogen) atoms. The predicted octanol–water partition coefficient (Wildman–Crippen LogP) is 4.69. The van der Waals surface area contributed by atoms with Crippen molar-refractivity contribution in [3.8, 4) is 11.3 Å². The molecule has 1 aromatic carbocycles. The van der Waals surface area contributed by atoms with Crippen LogP contribution in [-0.2, 0) is 11.0 Å². The fourth-order valence-corrected chi connectivity index (χ4v) is 5.51. The normalized spacial score (nSPS) is 19.4. The van der Waals surface area contributed by atoms with Crippen molar-refractivity contribution in [2.24, 2.45) is 0 Å². The van der Waals surface area contributed by atoms with E-state index in [2.05, 4.69) is 54.1 Å². The number of hydrogen-bond acceptors (Lipinski definition) is 6. The molecule has 0 saturated carbocycles. The van der Waals surface area contributed by atoms with Gasteiger partial charge in [-0.2, -0.15) is 0 Å². The molecule has 0 N–H and O–H groups in total. The molecule has 7 nitrogen and oxygen atoms in total. The molecule has 8 heteroatoms. The lowest BCUT2D eigenvalue weighted by Crippen LogP contribution is -2.44. The quantitative estimate of drug-likeness (QED) is 0.346. The number of hydrogen-bond donors (Lipinski definition) is 0. The van der Waals surface area contributed by atoms with Gasteiger partial charge in [-0.3, -0.25) is 19.4 Å². The summed E-state index contributed by atoms with van der Waals surface area (Å²) in [7, 11) is -1.92. The van der Waals surface area contributed by atoms with Gasteiger partial charge in [0.05, 0.1) is 25.4 Å². The van der Waals surface area contributed by atoms with E-state index in [0.717, 1.165) is 29.8 Å². The Bertz CT molecular complexity index is 1100. The van der Waals surface area contributed by atoms with E-state index in [-0.39, 0.29) is 23.0 Å². The lowest BCUT2D eigenvalue weighted by Gasteiger charge is -2.38. The average molecular weight is 478 g/mol. The second kappa shape index (κ2) is 9.89. The highest BCUT2D eigenvalue weighted by atomic mass is 28.4. The first kappa shape index (κ1) is 24.4. The van der Waals surface area contributed by atoms with Gasteiger partial charge in [0.25, 0.3) is 0 Å². The number of rotatable bonds is 8. The van der Waals surface area contributed by atoms with Gasteiger partial charge in [0.15, 0.2) is 14.1 Å². The van der Waals surface area contributed by atoms with Gasteiger partial charge in [0, 0.05) is 36.1 Å². The Labute approximate surface area is 203 Å². The molecule has 3 heterocycles. The van der Waals surface area contributed by atoms with Gasteiger partial charge in [-0.05, 0) is 36.7 Å². The van der Waals surface area contributed by atoms with Crippen molar-refractivity contribution in [2.45, 2.75) is 64.0 Å². The van der Waals surface area contributed by atoms with Gasteiger partial charge in [-0.25, -0.2) is 0 Å². The Kier molecular flexibility index (Phi) is 7.11. The van der Waals surface area contributed by atoms with Crippen molar-refractivity contribution in [2.75, 3.05) is 13.1 Å². The van der Waals surface area contributed by atoms with Crippen LogP contribution in [0.4, 0.5) is 0 Å². The Balaban J connectivity index is 1.51. The molecule has 180 valence electrons. The Morgan fingerprint density at radius 2 is 1.91 bits per heavy atom. The molecular formula is C26H35N5O2Si. The molecule has 1 aliphatic rings. The Morgan fingerprint density at radius 3 is 2.59 bits per heavy atom. The van der Waals surface area contributed by atoms with Gasteiger partial charge >= 0.3 is 0 Å². The molecule has 0 radical (unpaired) electrons. The van der Waals surface area contributed by atoms with E-state index in [4.69, 9.17) is 4.43 Å². The summed E-state index contributed by atoms with van der Waals surface area (Å²) >= 11 is 0. The number of aromatic nitrogens is 4. The molecule has 2 atom stereocenters. The maximum absolute atomic E-state index is 13.0. The number of likely N-dealkylation sites (tertiary alicyclic amines) is 1. The summed E-state index contributed by atoms with van der Waals surface area (Å²) in [6, 6.07) is 13.5. The van der Waals surface area contributed by atoms with Crippen LogP contribution in [0.5, 0.6) is 0 Å². The highest BCUT2D eigenvalue weighted by molar-refractivity contribution is 6.74. The summed E-state index contributed by atoms with van der Waals surface area (Å²) in [5, 5.41) is 8.84. The summed E-state index contributed by atoms with van der Waals surface area (Å²) in [5.74, 6) is 0.133. The highest BCUT2D eigenvalue weighted by Gasteiger charge is 2.43. The summed E-state index contributed by atoms with van der Waals surface area (Å²) in [5.41, 5.74) is 2.48. The minimum atomic E-state index is -1.92. The van der Waals surface area contributed by atoms with Gasteiger partial charge < -0.3 is 4.43 Å². The maximum Gasteiger partial charge on any atom is 0.192 e. The van der Waals surface area contributed by atoms with Gasteiger partial charge in [0.1, 0.15) is 5.69 Å². The van der Waals surface area contributed by atoms with E-state index in [0.29, 0.717) is 13.1 Å². The lowest BCUT2D eigenvalue weighted by molar-refractivity contribution is 0.0906. The van der Waals surface area contributed by atoms with E-state index in [9.17, 15) is 4.79 Å². The van der Waals surface area contributed by atoms with Crippen LogP contribution in [0, 0.1) is 0 Å². The SMILES string of the molecule is CC(C)(C)[Si](C)(C)O[C@@H]1C[C@H](Cn2cc(-c3cccnc3)nn2)N(CC(=O)c2ccccc2)C1. The molecule has 0 spiro atoms. The number of benzene rings is 1. The van der Waals surface area contributed by atoms with Crippen LogP contribution in [0.3, 0.4) is 0 Å². The fourth-order valence-electron chi connectivity index (χ4n) is 4.15. The zero-order valence-electron chi connectivity index (χ0n) is 20.8. The number of ketones is 1. The fraction of sp³-hybridized carbons (Fsp3) is 0.462. The third-order valence-corrected chi connectivity index (χ3v) is 11.6. The van der Waals surface area contributed by atoms with Crippen LogP contribution >= 0.6 is 0 Å². The van der Waals surface area contributed by atoms with Crippen LogP contribution in [-0.4, -0.2) is 64.2 Å². The van der Waals surface area contributed by atoms with E-state index in [1.54, 1.807) is 12.4 Å². The first-order valence-corrected chi connectivity index (χ1v) is 14.8. The first-order chi connectivity index (χ1) is 16.1. The summed E-state index contributed by atoms with van der Waals surface area (Å²) in [4.78, 5) is 19.5. The Morgan fingerprint density at radius 1 is 1.15 bits per heavy atom. The van der Waals surface area contributed by atoms with Gasteiger partial charge in [-0.15, -0.1) is 5.10 Å². The topological polar surface area (TPSA) is 73.1 Å². The largest absolute Gasteiger partial charge is 0.413 e. The molecule has 4 rings (SSSR count). The Hall–Kier alpha value is -2.68. The van der Waals surface area contributed by atoms with Crippen LogP contribution in [0.1, 0.15) is 37.6 Å². The van der Waals surface area contributed by atoms with Crippen molar-refractivity contribution in [1.29, 1.82) is 0 Å².